The highest BCUT2D eigenvalue weighted by atomic mass is 32.2. The number of aromatic nitrogens is 3. The SMILES string of the molecule is O=C([C@@H](Sc1n[nH]c(=O)n1CCc1ccccc1)c1ccccc1)N1CCCC1. The largest absolute Gasteiger partial charge is 0.343 e. The van der Waals surface area contributed by atoms with Crippen molar-refractivity contribution in [2.45, 2.75) is 36.2 Å². The van der Waals surface area contributed by atoms with Crippen molar-refractivity contribution in [3.8, 4) is 0 Å². The lowest BCUT2D eigenvalue weighted by molar-refractivity contribution is -0.129. The number of nitrogens with zero attached hydrogens (tertiary/aromatic N) is 3. The van der Waals surface area contributed by atoms with Crippen LogP contribution in [0.4, 0.5) is 0 Å². The number of H-pyrrole nitrogens is 1. The summed E-state index contributed by atoms with van der Waals surface area (Å²) >= 11 is 1.35. The molecule has 1 aliphatic rings. The molecule has 4 rings (SSSR count). The molecule has 0 aliphatic carbocycles. The molecule has 1 aromatic heterocycles. The lowest BCUT2D eigenvalue weighted by atomic mass is 10.1. The second-order valence-corrected chi connectivity index (χ2v) is 8.21. The average molecular weight is 409 g/mol. The molecule has 0 bridgehead atoms. The average Bonchev–Trinajstić information content (AvgIpc) is 3.42. The van der Waals surface area contributed by atoms with Gasteiger partial charge in [-0.2, -0.15) is 0 Å². The number of likely N-dealkylation sites (tertiary alicyclic amines) is 1. The van der Waals surface area contributed by atoms with E-state index in [-0.39, 0.29) is 11.6 Å². The highest BCUT2D eigenvalue weighted by molar-refractivity contribution is 8.00. The molecule has 2 heterocycles. The molecule has 7 heteroatoms. The Labute approximate surface area is 173 Å². The van der Waals surface area contributed by atoms with Crippen LogP contribution in [-0.2, 0) is 17.8 Å². The number of aryl methyl sites for hydroxylation is 1. The van der Waals surface area contributed by atoms with E-state index in [4.69, 9.17) is 0 Å². The van der Waals surface area contributed by atoms with Crippen LogP contribution in [0.1, 0.15) is 29.2 Å². The maximum atomic E-state index is 13.2. The van der Waals surface area contributed by atoms with E-state index in [0.717, 1.165) is 43.5 Å². The molecule has 1 saturated heterocycles. The summed E-state index contributed by atoms with van der Waals surface area (Å²) in [5.74, 6) is 0.0868. The summed E-state index contributed by atoms with van der Waals surface area (Å²) in [5.41, 5.74) is 1.84. The summed E-state index contributed by atoms with van der Waals surface area (Å²) in [6, 6.07) is 19.8. The zero-order valence-corrected chi connectivity index (χ0v) is 17.0. The van der Waals surface area contributed by atoms with E-state index in [1.165, 1.54) is 11.8 Å². The maximum absolute atomic E-state index is 13.2. The molecular formula is C22H24N4O2S. The van der Waals surface area contributed by atoms with Gasteiger partial charge in [0.1, 0.15) is 5.25 Å². The fourth-order valence-corrected chi connectivity index (χ4v) is 4.73. The van der Waals surface area contributed by atoms with E-state index in [1.807, 2.05) is 65.6 Å². The smallest absolute Gasteiger partial charge is 0.341 e. The highest BCUT2D eigenvalue weighted by Crippen LogP contribution is 2.36. The van der Waals surface area contributed by atoms with Gasteiger partial charge in [0.05, 0.1) is 0 Å². The van der Waals surface area contributed by atoms with E-state index in [1.54, 1.807) is 4.57 Å². The van der Waals surface area contributed by atoms with Gasteiger partial charge in [-0.3, -0.25) is 9.36 Å². The number of hydrogen-bond donors (Lipinski definition) is 1. The Morgan fingerprint density at radius 3 is 2.38 bits per heavy atom. The van der Waals surface area contributed by atoms with Gasteiger partial charge in [-0.25, -0.2) is 9.89 Å². The molecule has 0 unspecified atom stereocenters. The molecule has 6 nitrogen and oxygen atoms in total. The third-order valence-corrected chi connectivity index (χ3v) is 6.39. The van der Waals surface area contributed by atoms with Crippen molar-refractivity contribution >= 4 is 17.7 Å². The van der Waals surface area contributed by atoms with Gasteiger partial charge >= 0.3 is 5.69 Å². The van der Waals surface area contributed by atoms with Crippen LogP contribution in [0.3, 0.4) is 0 Å². The van der Waals surface area contributed by atoms with Crippen LogP contribution >= 0.6 is 11.8 Å². The van der Waals surface area contributed by atoms with Crippen molar-refractivity contribution in [2.24, 2.45) is 0 Å². The molecule has 1 amide bonds. The van der Waals surface area contributed by atoms with Crippen LogP contribution in [0.15, 0.2) is 70.6 Å². The minimum atomic E-state index is -0.417. The van der Waals surface area contributed by atoms with Crippen molar-refractivity contribution in [2.75, 3.05) is 13.1 Å². The van der Waals surface area contributed by atoms with Crippen molar-refractivity contribution in [3.05, 3.63) is 82.3 Å². The van der Waals surface area contributed by atoms with Crippen molar-refractivity contribution in [3.63, 3.8) is 0 Å². The predicted octanol–water partition coefficient (Wildman–Crippen LogP) is 3.27. The quantitative estimate of drug-likeness (QED) is 0.609. The van der Waals surface area contributed by atoms with Gasteiger partial charge in [-0.05, 0) is 30.4 Å². The molecule has 1 aliphatic heterocycles. The van der Waals surface area contributed by atoms with Gasteiger partial charge in [0.2, 0.25) is 5.91 Å². The van der Waals surface area contributed by atoms with Crippen LogP contribution in [0.25, 0.3) is 0 Å². The summed E-state index contributed by atoms with van der Waals surface area (Å²) in [6.45, 7) is 2.11. The number of carbonyl (C=O) groups is 1. The van der Waals surface area contributed by atoms with E-state index in [0.29, 0.717) is 11.7 Å². The Kier molecular flexibility index (Phi) is 6.14. The molecular weight excluding hydrogens is 384 g/mol. The molecule has 0 spiro atoms. The molecule has 1 fully saturated rings. The Morgan fingerprint density at radius 1 is 1.03 bits per heavy atom. The second kappa shape index (κ2) is 9.13. The summed E-state index contributed by atoms with van der Waals surface area (Å²) in [7, 11) is 0. The first-order valence-corrected chi connectivity index (χ1v) is 10.8. The maximum Gasteiger partial charge on any atom is 0.343 e. The number of thioether (sulfide) groups is 1. The van der Waals surface area contributed by atoms with Gasteiger partial charge in [0.25, 0.3) is 0 Å². The molecule has 0 radical (unpaired) electrons. The van der Waals surface area contributed by atoms with Gasteiger partial charge in [0, 0.05) is 19.6 Å². The van der Waals surface area contributed by atoms with Crippen molar-refractivity contribution in [1.82, 2.24) is 19.7 Å². The number of rotatable bonds is 7. The molecule has 3 aromatic rings. The first kappa shape index (κ1) is 19.5. The van der Waals surface area contributed by atoms with Crippen LogP contribution in [0.2, 0.25) is 0 Å². The van der Waals surface area contributed by atoms with Gasteiger partial charge in [-0.15, -0.1) is 5.10 Å². The number of amides is 1. The summed E-state index contributed by atoms with van der Waals surface area (Å²) < 4.78 is 1.63. The van der Waals surface area contributed by atoms with Gasteiger partial charge in [0.15, 0.2) is 5.16 Å². The van der Waals surface area contributed by atoms with E-state index in [2.05, 4.69) is 10.2 Å². The topological polar surface area (TPSA) is 71.0 Å². The van der Waals surface area contributed by atoms with Crippen LogP contribution in [0, 0.1) is 0 Å². The van der Waals surface area contributed by atoms with Crippen LogP contribution < -0.4 is 5.69 Å². The molecule has 29 heavy (non-hydrogen) atoms. The lowest BCUT2D eigenvalue weighted by Gasteiger charge is -2.23. The lowest BCUT2D eigenvalue weighted by Crippen LogP contribution is -2.31. The highest BCUT2D eigenvalue weighted by Gasteiger charge is 2.30. The summed E-state index contributed by atoms with van der Waals surface area (Å²) in [5, 5.41) is 6.90. The van der Waals surface area contributed by atoms with E-state index >= 15 is 0 Å². The molecule has 2 aromatic carbocycles. The van der Waals surface area contributed by atoms with Crippen molar-refractivity contribution in [1.29, 1.82) is 0 Å². The monoisotopic (exact) mass is 408 g/mol. The Hall–Kier alpha value is -2.80. The Balaban J connectivity index is 1.57. The number of benzene rings is 2. The van der Waals surface area contributed by atoms with E-state index in [9.17, 15) is 9.59 Å². The number of aromatic amines is 1. The Morgan fingerprint density at radius 2 is 1.69 bits per heavy atom. The molecule has 1 atom stereocenters. The summed E-state index contributed by atoms with van der Waals surface area (Å²) in [6.07, 6.45) is 2.81. The third kappa shape index (κ3) is 4.62. The van der Waals surface area contributed by atoms with Gasteiger partial charge in [-0.1, -0.05) is 72.4 Å². The first-order chi connectivity index (χ1) is 14.2. The van der Waals surface area contributed by atoms with Crippen LogP contribution in [-0.4, -0.2) is 38.7 Å². The van der Waals surface area contributed by atoms with Crippen molar-refractivity contribution < 1.29 is 4.79 Å². The zero-order chi connectivity index (χ0) is 20.1. The predicted molar refractivity (Wildman–Crippen MR) is 114 cm³/mol. The Bertz CT molecular complexity index is 994. The van der Waals surface area contributed by atoms with Gasteiger partial charge < -0.3 is 4.90 Å². The fourth-order valence-electron chi connectivity index (χ4n) is 3.57. The minimum absolute atomic E-state index is 0.0868. The minimum Gasteiger partial charge on any atom is -0.341 e. The number of hydrogen-bond acceptors (Lipinski definition) is 4. The third-order valence-electron chi connectivity index (χ3n) is 5.16. The summed E-state index contributed by atoms with van der Waals surface area (Å²) in [4.78, 5) is 27.5. The number of carbonyl (C=O) groups excluding carboxylic acids is 1. The molecule has 150 valence electrons. The van der Waals surface area contributed by atoms with Crippen LogP contribution in [0.5, 0.6) is 0 Å². The molecule has 1 N–H and O–H groups in total. The number of nitrogens with one attached hydrogen (secondary N) is 1. The van der Waals surface area contributed by atoms with E-state index < -0.39 is 5.25 Å². The fraction of sp³-hybridized carbons (Fsp3) is 0.318. The zero-order valence-electron chi connectivity index (χ0n) is 16.2. The second-order valence-electron chi connectivity index (χ2n) is 7.14. The first-order valence-electron chi connectivity index (χ1n) is 9.92. The molecule has 0 saturated carbocycles. The standard InChI is InChI=1S/C22H24N4O2S/c27-20(25-14-7-8-15-25)19(18-11-5-2-6-12-18)29-22-24-23-21(28)26(22)16-13-17-9-3-1-4-10-17/h1-6,9-12,19H,7-8,13-16H2,(H,23,28)/t19-/m0/s1. The normalized spacial score (nSPS) is 14.8.